The van der Waals surface area contributed by atoms with Gasteiger partial charge in [-0.05, 0) is 60.3 Å². The zero-order valence-corrected chi connectivity index (χ0v) is 19.7. The van der Waals surface area contributed by atoms with Gasteiger partial charge in [-0.15, -0.1) is 0 Å². The van der Waals surface area contributed by atoms with Gasteiger partial charge < -0.3 is 4.81 Å². The van der Waals surface area contributed by atoms with Crippen molar-refractivity contribution in [1.29, 1.82) is 0 Å². The third-order valence-electron chi connectivity index (χ3n) is 5.39. The molecule has 2 aromatic carbocycles. The van der Waals surface area contributed by atoms with E-state index in [2.05, 4.69) is 128 Å². The first kappa shape index (κ1) is 20.2. The van der Waals surface area contributed by atoms with Crippen molar-refractivity contribution < 1.29 is 0 Å². The lowest BCUT2D eigenvalue weighted by molar-refractivity contribution is 1.09. The fourth-order valence-corrected chi connectivity index (χ4v) is 4.66. The third kappa shape index (κ3) is 4.01. The van der Waals surface area contributed by atoms with Crippen LogP contribution in [0.4, 0.5) is 5.69 Å². The Morgan fingerprint density at radius 2 is 1.90 bits per heavy atom. The number of halogens is 2. The van der Waals surface area contributed by atoms with Crippen molar-refractivity contribution in [3.05, 3.63) is 105 Å². The van der Waals surface area contributed by atoms with Crippen LogP contribution in [0.3, 0.4) is 0 Å². The molecule has 0 fully saturated rings. The molecule has 2 aliphatic rings. The second-order valence-electron chi connectivity index (χ2n) is 7.17. The van der Waals surface area contributed by atoms with Crippen LogP contribution in [-0.4, -0.2) is 13.4 Å². The summed E-state index contributed by atoms with van der Waals surface area (Å²) in [6.07, 6.45) is 12.8. The first-order chi connectivity index (χ1) is 14.1. The Hall–Kier alpha value is -2.04. The molecular weight excluding hydrogens is 485 g/mol. The van der Waals surface area contributed by atoms with Crippen LogP contribution in [0.5, 0.6) is 0 Å². The van der Waals surface area contributed by atoms with E-state index in [9.17, 15) is 0 Å². The van der Waals surface area contributed by atoms with E-state index in [-0.39, 0.29) is 6.85 Å². The van der Waals surface area contributed by atoms with E-state index in [4.69, 9.17) is 0 Å². The normalized spacial score (nSPS) is 17.6. The summed E-state index contributed by atoms with van der Waals surface area (Å²) < 4.78 is 2.21. The van der Waals surface area contributed by atoms with Gasteiger partial charge in [-0.1, -0.05) is 92.5 Å². The highest BCUT2D eigenvalue weighted by molar-refractivity contribution is 9.12. The third-order valence-corrected chi connectivity index (χ3v) is 6.57. The Kier molecular flexibility index (Phi) is 6.12. The molecule has 0 N–H and O–H groups in total. The summed E-state index contributed by atoms with van der Waals surface area (Å²) in [6.45, 7) is 5.19. The average Bonchev–Trinajstić information content (AvgIpc) is 2.74. The van der Waals surface area contributed by atoms with Crippen molar-refractivity contribution in [2.45, 2.75) is 13.8 Å². The van der Waals surface area contributed by atoms with Crippen LogP contribution >= 0.6 is 31.9 Å². The molecule has 0 amide bonds. The molecule has 2 aliphatic heterocycles. The first-order valence-electron chi connectivity index (χ1n) is 9.82. The summed E-state index contributed by atoms with van der Waals surface area (Å²) in [7, 11) is 0. The lowest BCUT2D eigenvalue weighted by Gasteiger charge is -2.41. The van der Waals surface area contributed by atoms with E-state index in [0.717, 1.165) is 15.5 Å². The molecule has 29 heavy (non-hydrogen) atoms. The summed E-state index contributed by atoms with van der Waals surface area (Å²) >= 11 is 7.33. The van der Waals surface area contributed by atoms with Crippen LogP contribution in [0, 0.1) is 0 Å². The van der Waals surface area contributed by atoms with Crippen molar-refractivity contribution in [3.63, 3.8) is 0 Å². The predicted molar refractivity (Wildman–Crippen MR) is 135 cm³/mol. The zero-order chi connectivity index (χ0) is 20.4. The van der Waals surface area contributed by atoms with Crippen molar-refractivity contribution in [3.8, 4) is 11.1 Å². The van der Waals surface area contributed by atoms with Gasteiger partial charge in [-0.25, -0.2) is 0 Å². The van der Waals surface area contributed by atoms with Crippen LogP contribution in [0.1, 0.15) is 13.8 Å². The van der Waals surface area contributed by atoms with Crippen molar-refractivity contribution >= 4 is 49.9 Å². The molecule has 0 aliphatic carbocycles. The number of hydrogen-bond acceptors (Lipinski definition) is 1. The molecule has 0 unspecified atom stereocenters. The van der Waals surface area contributed by atoms with Gasteiger partial charge in [0.1, 0.15) is 0 Å². The van der Waals surface area contributed by atoms with E-state index in [1.807, 2.05) is 6.92 Å². The smallest absolute Gasteiger partial charge is 0.317 e. The highest BCUT2D eigenvalue weighted by atomic mass is 79.9. The fourth-order valence-electron chi connectivity index (χ4n) is 4.02. The van der Waals surface area contributed by atoms with Crippen molar-refractivity contribution in [2.75, 3.05) is 11.4 Å². The minimum absolute atomic E-state index is 0.228. The molecule has 0 atom stereocenters. The van der Waals surface area contributed by atoms with Crippen LogP contribution in [0.2, 0.25) is 0 Å². The quantitative estimate of drug-likeness (QED) is 0.321. The van der Waals surface area contributed by atoms with Gasteiger partial charge in [0.25, 0.3) is 0 Å². The molecule has 0 radical (unpaired) electrons. The predicted octanol–water partition coefficient (Wildman–Crippen LogP) is 6.97. The van der Waals surface area contributed by atoms with Gasteiger partial charge >= 0.3 is 6.85 Å². The SMILES string of the molecule is C/C=C\C=C/C1=CB2c3ccccc3-c3cc(Br)ccc3N2C/C1=C\C(Br)=C/C. The number of fused-ring (bicyclic) bond motifs is 6. The van der Waals surface area contributed by atoms with Gasteiger partial charge in [-0.3, -0.25) is 0 Å². The molecule has 1 nitrogen and oxygen atoms in total. The molecule has 0 spiro atoms. The van der Waals surface area contributed by atoms with E-state index in [0.29, 0.717) is 0 Å². The maximum Gasteiger partial charge on any atom is 0.317 e. The number of rotatable bonds is 3. The van der Waals surface area contributed by atoms with Crippen LogP contribution in [0.15, 0.2) is 105 Å². The zero-order valence-electron chi connectivity index (χ0n) is 16.6. The summed E-state index contributed by atoms with van der Waals surface area (Å²) in [5, 5.41) is 0. The monoisotopic (exact) mass is 505 g/mol. The maximum atomic E-state index is 3.67. The molecule has 4 rings (SSSR count). The Labute approximate surface area is 190 Å². The summed E-state index contributed by atoms with van der Waals surface area (Å²) in [4.78, 5) is 2.51. The van der Waals surface area contributed by atoms with Gasteiger partial charge in [0, 0.05) is 26.8 Å². The van der Waals surface area contributed by atoms with E-state index < -0.39 is 0 Å². The van der Waals surface area contributed by atoms with E-state index >= 15 is 0 Å². The fraction of sp³-hybridized carbons (Fsp3) is 0.120. The van der Waals surface area contributed by atoms with Crippen molar-refractivity contribution in [1.82, 2.24) is 0 Å². The average molecular weight is 507 g/mol. The molecule has 0 saturated heterocycles. The standard InChI is InChI=1S/C25H22BBr2N/c1-3-5-6-9-18-16-26-24-11-8-7-10-22(24)23-15-21(28)12-13-25(23)29(26)17-19(18)14-20(27)4-2/h3-16H,17H2,1-2H3/b5-3-,9-6-,19-14+,20-4+. The number of anilines is 1. The highest BCUT2D eigenvalue weighted by Crippen LogP contribution is 2.40. The molecular formula is C25H22BBr2N. The number of allylic oxidation sites excluding steroid dienone is 7. The van der Waals surface area contributed by atoms with Crippen LogP contribution < -0.4 is 10.3 Å². The topological polar surface area (TPSA) is 3.24 Å². The minimum Gasteiger partial charge on any atom is -0.403 e. The maximum absolute atomic E-state index is 3.67. The number of hydrogen-bond donors (Lipinski definition) is 0. The molecule has 0 bridgehead atoms. The molecule has 2 heterocycles. The number of nitrogens with zero attached hydrogens (tertiary/aromatic N) is 1. The summed E-state index contributed by atoms with van der Waals surface area (Å²) in [5.41, 5.74) is 7.84. The Morgan fingerprint density at radius 3 is 2.69 bits per heavy atom. The second-order valence-corrected chi connectivity index (χ2v) is 9.00. The molecule has 4 heteroatoms. The second kappa shape index (κ2) is 8.77. The van der Waals surface area contributed by atoms with Gasteiger partial charge in [0.05, 0.1) is 0 Å². The van der Waals surface area contributed by atoms with E-state index in [1.165, 1.54) is 33.4 Å². The van der Waals surface area contributed by atoms with Gasteiger partial charge in [-0.2, -0.15) is 0 Å². The van der Waals surface area contributed by atoms with Gasteiger partial charge in [0.15, 0.2) is 0 Å². The lowest BCUT2D eigenvalue weighted by atomic mass is 9.48. The molecule has 144 valence electrons. The number of benzene rings is 2. The van der Waals surface area contributed by atoms with Crippen LogP contribution in [0.25, 0.3) is 11.1 Å². The lowest BCUT2D eigenvalue weighted by Crippen LogP contribution is -2.53. The largest absolute Gasteiger partial charge is 0.403 e. The Balaban J connectivity index is 1.91. The highest BCUT2D eigenvalue weighted by Gasteiger charge is 2.36. The minimum atomic E-state index is 0.228. The first-order valence-corrected chi connectivity index (χ1v) is 11.4. The summed E-state index contributed by atoms with van der Waals surface area (Å²) in [6, 6.07) is 15.4. The van der Waals surface area contributed by atoms with Crippen molar-refractivity contribution in [2.24, 2.45) is 0 Å². The Bertz CT molecular complexity index is 1090. The molecule has 0 aromatic heterocycles. The van der Waals surface area contributed by atoms with Crippen LogP contribution in [-0.2, 0) is 0 Å². The van der Waals surface area contributed by atoms with Gasteiger partial charge in [0.2, 0.25) is 0 Å². The summed E-state index contributed by atoms with van der Waals surface area (Å²) in [5.74, 6) is 2.40. The molecule has 0 saturated carbocycles. The Morgan fingerprint density at radius 1 is 1.07 bits per heavy atom. The van der Waals surface area contributed by atoms with E-state index in [1.54, 1.807) is 0 Å². The molecule has 2 aromatic rings.